The minimum Gasteiger partial charge on any atom is -0.319 e. The van der Waals surface area contributed by atoms with Crippen molar-refractivity contribution in [1.82, 2.24) is 10.2 Å². The molecule has 2 aromatic rings. The third-order valence-electron chi connectivity index (χ3n) is 4.63. The molecular formula is C20H21FN2O2. The van der Waals surface area contributed by atoms with Gasteiger partial charge >= 0.3 is 6.03 Å². The molecule has 1 fully saturated rings. The molecule has 25 heavy (non-hydrogen) atoms. The molecule has 3 rings (SSSR count). The lowest BCUT2D eigenvalue weighted by Crippen LogP contribution is -2.44. The minimum atomic E-state index is -1.07. The number of nitrogens with one attached hydrogen (secondary N) is 1. The average Bonchev–Trinajstić information content (AvgIpc) is 2.87. The number of halogens is 1. The average molecular weight is 340 g/mol. The topological polar surface area (TPSA) is 49.4 Å². The van der Waals surface area contributed by atoms with Crippen LogP contribution in [0.5, 0.6) is 0 Å². The highest BCUT2D eigenvalue weighted by molar-refractivity contribution is 6.07. The SMILES string of the molecule is CCCCC1(c2ccccc2)NC(=O)N(Cc2ccccc2F)C1=O. The van der Waals surface area contributed by atoms with Gasteiger partial charge in [0.2, 0.25) is 0 Å². The third-order valence-corrected chi connectivity index (χ3v) is 4.63. The van der Waals surface area contributed by atoms with Gasteiger partial charge in [0.05, 0.1) is 6.54 Å². The molecule has 1 saturated heterocycles. The quantitative estimate of drug-likeness (QED) is 0.809. The summed E-state index contributed by atoms with van der Waals surface area (Å²) in [4.78, 5) is 26.8. The summed E-state index contributed by atoms with van der Waals surface area (Å²) < 4.78 is 13.9. The van der Waals surface area contributed by atoms with Gasteiger partial charge in [-0.1, -0.05) is 68.3 Å². The zero-order valence-electron chi connectivity index (χ0n) is 14.2. The summed E-state index contributed by atoms with van der Waals surface area (Å²) in [5, 5.41) is 2.87. The summed E-state index contributed by atoms with van der Waals surface area (Å²) in [7, 11) is 0. The molecule has 0 bridgehead atoms. The van der Waals surface area contributed by atoms with Crippen molar-refractivity contribution in [3.05, 3.63) is 71.5 Å². The molecule has 1 atom stereocenters. The Morgan fingerprint density at radius 2 is 1.72 bits per heavy atom. The number of rotatable bonds is 6. The molecule has 5 heteroatoms. The highest BCUT2D eigenvalue weighted by atomic mass is 19.1. The first-order chi connectivity index (χ1) is 12.1. The molecule has 4 nitrogen and oxygen atoms in total. The first-order valence-corrected chi connectivity index (χ1v) is 8.51. The van der Waals surface area contributed by atoms with E-state index in [2.05, 4.69) is 5.32 Å². The van der Waals surface area contributed by atoms with E-state index >= 15 is 0 Å². The van der Waals surface area contributed by atoms with Gasteiger partial charge in [0.1, 0.15) is 11.4 Å². The number of hydrogen-bond acceptors (Lipinski definition) is 2. The van der Waals surface area contributed by atoms with Gasteiger partial charge in [-0.3, -0.25) is 9.69 Å². The molecule has 1 aliphatic heterocycles. The number of amides is 3. The predicted octanol–water partition coefficient (Wildman–Crippen LogP) is 3.96. The molecule has 0 spiro atoms. The zero-order chi connectivity index (χ0) is 17.9. The third kappa shape index (κ3) is 3.14. The van der Waals surface area contributed by atoms with Gasteiger partial charge < -0.3 is 5.32 Å². The minimum absolute atomic E-state index is 0.0714. The number of carbonyl (C=O) groups is 2. The second kappa shape index (κ2) is 7.05. The van der Waals surface area contributed by atoms with Crippen LogP contribution in [-0.2, 0) is 16.9 Å². The largest absolute Gasteiger partial charge is 0.325 e. The van der Waals surface area contributed by atoms with Crippen LogP contribution in [0.15, 0.2) is 54.6 Å². The van der Waals surface area contributed by atoms with Crippen molar-refractivity contribution in [1.29, 1.82) is 0 Å². The fraction of sp³-hybridized carbons (Fsp3) is 0.300. The Morgan fingerprint density at radius 3 is 2.40 bits per heavy atom. The number of benzene rings is 2. The summed E-state index contributed by atoms with van der Waals surface area (Å²) in [6, 6.07) is 15.0. The van der Waals surface area contributed by atoms with Crippen molar-refractivity contribution in [2.45, 2.75) is 38.3 Å². The van der Waals surface area contributed by atoms with E-state index in [1.807, 2.05) is 37.3 Å². The lowest BCUT2D eigenvalue weighted by Gasteiger charge is -2.27. The molecule has 1 unspecified atom stereocenters. The van der Waals surface area contributed by atoms with Crippen molar-refractivity contribution < 1.29 is 14.0 Å². The summed E-state index contributed by atoms with van der Waals surface area (Å²) in [6.45, 7) is 1.97. The van der Waals surface area contributed by atoms with E-state index in [0.29, 0.717) is 12.0 Å². The molecular weight excluding hydrogens is 319 g/mol. The summed E-state index contributed by atoms with van der Waals surface area (Å²) in [6.07, 6.45) is 2.23. The van der Waals surface area contributed by atoms with E-state index in [1.165, 1.54) is 6.07 Å². The predicted molar refractivity (Wildman–Crippen MR) is 93.1 cm³/mol. The number of urea groups is 1. The van der Waals surface area contributed by atoms with Gasteiger partial charge in [-0.15, -0.1) is 0 Å². The van der Waals surface area contributed by atoms with E-state index in [1.54, 1.807) is 18.2 Å². The standard InChI is InChI=1S/C20H21FN2O2/c1-2-3-13-20(16-10-5-4-6-11-16)18(24)23(19(25)22-20)14-15-9-7-8-12-17(15)21/h4-12H,2-3,13-14H2,1H3,(H,22,25). The lowest BCUT2D eigenvalue weighted by atomic mass is 9.85. The molecule has 1 aliphatic rings. The Morgan fingerprint density at radius 1 is 1.04 bits per heavy atom. The maximum absolute atomic E-state index is 13.9. The van der Waals surface area contributed by atoms with Gasteiger partial charge in [-0.2, -0.15) is 0 Å². The second-order valence-corrected chi connectivity index (χ2v) is 6.29. The van der Waals surface area contributed by atoms with Gasteiger partial charge in [0.15, 0.2) is 0 Å². The van der Waals surface area contributed by atoms with Crippen LogP contribution >= 0.6 is 0 Å². The Balaban J connectivity index is 1.95. The summed E-state index contributed by atoms with van der Waals surface area (Å²) in [5.74, 6) is -0.741. The normalized spacial score (nSPS) is 20.0. The Kier molecular flexibility index (Phi) is 4.83. The van der Waals surface area contributed by atoms with Crippen LogP contribution in [0.2, 0.25) is 0 Å². The second-order valence-electron chi connectivity index (χ2n) is 6.29. The van der Waals surface area contributed by atoms with Crippen molar-refractivity contribution >= 4 is 11.9 Å². The first-order valence-electron chi connectivity index (χ1n) is 8.51. The summed E-state index contributed by atoms with van der Waals surface area (Å²) >= 11 is 0. The highest BCUT2D eigenvalue weighted by Gasteiger charge is 2.51. The molecule has 1 N–H and O–H groups in total. The van der Waals surface area contributed by atoms with E-state index in [4.69, 9.17) is 0 Å². The van der Waals surface area contributed by atoms with Gasteiger partial charge in [0.25, 0.3) is 5.91 Å². The first kappa shape index (κ1) is 17.1. The number of unbranched alkanes of at least 4 members (excludes halogenated alkanes) is 1. The zero-order valence-corrected chi connectivity index (χ0v) is 14.2. The molecule has 0 radical (unpaired) electrons. The van der Waals surface area contributed by atoms with Gasteiger partial charge in [-0.05, 0) is 18.1 Å². The fourth-order valence-electron chi connectivity index (χ4n) is 3.24. The number of carbonyl (C=O) groups excluding carboxylic acids is 2. The van der Waals surface area contributed by atoms with Crippen LogP contribution in [0, 0.1) is 5.82 Å². The van der Waals surface area contributed by atoms with Crippen molar-refractivity contribution in [2.24, 2.45) is 0 Å². The summed E-state index contributed by atoms with van der Waals surface area (Å²) in [5.41, 5.74) is 0.0165. The Bertz CT molecular complexity index is 778. The maximum Gasteiger partial charge on any atom is 0.325 e. The van der Waals surface area contributed by atoms with Crippen LogP contribution in [0.25, 0.3) is 0 Å². The number of nitrogens with zero attached hydrogens (tertiary/aromatic N) is 1. The molecule has 0 saturated carbocycles. The highest BCUT2D eigenvalue weighted by Crippen LogP contribution is 2.34. The van der Waals surface area contributed by atoms with Crippen LogP contribution in [0.1, 0.15) is 37.3 Å². The molecule has 3 amide bonds. The van der Waals surface area contributed by atoms with E-state index in [9.17, 15) is 14.0 Å². The van der Waals surface area contributed by atoms with Crippen LogP contribution in [-0.4, -0.2) is 16.8 Å². The molecule has 1 heterocycles. The fourth-order valence-corrected chi connectivity index (χ4v) is 3.24. The van der Waals surface area contributed by atoms with E-state index < -0.39 is 17.4 Å². The molecule has 2 aromatic carbocycles. The number of imide groups is 1. The maximum atomic E-state index is 13.9. The van der Waals surface area contributed by atoms with Gasteiger partial charge in [-0.25, -0.2) is 9.18 Å². The Hall–Kier alpha value is -2.69. The van der Waals surface area contributed by atoms with Crippen LogP contribution in [0.3, 0.4) is 0 Å². The molecule has 0 aliphatic carbocycles. The van der Waals surface area contributed by atoms with Crippen molar-refractivity contribution in [2.75, 3.05) is 0 Å². The Labute approximate surface area is 146 Å². The number of hydrogen-bond donors (Lipinski definition) is 1. The van der Waals surface area contributed by atoms with E-state index in [0.717, 1.165) is 23.3 Å². The van der Waals surface area contributed by atoms with Crippen molar-refractivity contribution in [3.63, 3.8) is 0 Å². The van der Waals surface area contributed by atoms with Crippen LogP contribution in [0.4, 0.5) is 9.18 Å². The molecule has 130 valence electrons. The molecule has 0 aromatic heterocycles. The van der Waals surface area contributed by atoms with Crippen molar-refractivity contribution in [3.8, 4) is 0 Å². The monoisotopic (exact) mass is 340 g/mol. The van der Waals surface area contributed by atoms with Gasteiger partial charge in [0, 0.05) is 5.56 Å². The van der Waals surface area contributed by atoms with Crippen LogP contribution < -0.4 is 5.32 Å². The lowest BCUT2D eigenvalue weighted by molar-refractivity contribution is -0.132. The smallest absolute Gasteiger partial charge is 0.319 e. The van der Waals surface area contributed by atoms with E-state index in [-0.39, 0.29) is 12.5 Å².